The quantitative estimate of drug-likeness (QED) is 0.678. The zero-order valence-electron chi connectivity index (χ0n) is 7.03. The van der Waals surface area contributed by atoms with Crippen molar-refractivity contribution < 1.29 is 0 Å². The van der Waals surface area contributed by atoms with Crippen LogP contribution in [0.4, 0.5) is 0 Å². The molecule has 0 aliphatic rings. The molecule has 0 saturated carbocycles. The lowest BCUT2D eigenvalue weighted by molar-refractivity contribution is 0.377. The Hall–Kier alpha value is -1.57. The second-order valence-corrected chi connectivity index (χ2v) is 3.25. The van der Waals surface area contributed by atoms with Gasteiger partial charge in [-0.3, -0.25) is 4.98 Å². The molecule has 0 atom stereocenters. The van der Waals surface area contributed by atoms with Crippen molar-refractivity contribution in [3.63, 3.8) is 0 Å². The average Bonchev–Trinajstić information content (AvgIpc) is 2.36. The molecular weight excluding hydrogens is 156 g/mol. The van der Waals surface area contributed by atoms with Crippen LogP contribution in [0.2, 0.25) is 0 Å². The maximum absolute atomic E-state index is 10.9. The fraction of sp³-hybridized carbons (Fsp3) is 0.571. The summed E-state index contributed by atoms with van der Waals surface area (Å²) in [6, 6.07) is 2.09. The van der Waals surface area contributed by atoms with E-state index in [0.717, 1.165) is 0 Å². The van der Waals surface area contributed by atoms with Crippen LogP contribution in [0.3, 0.4) is 0 Å². The lowest BCUT2D eigenvalue weighted by Gasteiger charge is -2.12. The topological polar surface area (TPSA) is 74.5 Å². The number of nitrogens with one attached hydrogen (secondary N) is 1. The summed E-state index contributed by atoms with van der Waals surface area (Å²) >= 11 is 0. The summed E-state index contributed by atoms with van der Waals surface area (Å²) in [6.45, 7) is 3.83. The molecule has 0 radical (unpaired) electrons. The Labute approximate surface area is 69.6 Å². The zero-order chi connectivity index (χ0) is 9.19. The Morgan fingerprint density at radius 1 is 1.83 bits per heavy atom. The molecule has 0 aliphatic heterocycles. The number of rotatable bonds is 2. The first-order valence-corrected chi connectivity index (χ1v) is 3.57. The van der Waals surface area contributed by atoms with Crippen molar-refractivity contribution in [1.29, 1.82) is 5.26 Å². The van der Waals surface area contributed by atoms with Crippen molar-refractivity contribution in [2.45, 2.75) is 20.4 Å². The van der Waals surface area contributed by atoms with E-state index in [1.807, 2.05) is 0 Å². The van der Waals surface area contributed by atoms with Gasteiger partial charge in [-0.15, -0.1) is 0 Å². The van der Waals surface area contributed by atoms with E-state index >= 15 is 0 Å². The smallest absolute Gasteiger partial charge is 0.295 e. The number of hydrogen-bond acceptors (Lipinski definition) is 3. The lowest BCUT2D eigenvalue weighted by atomic mass is 9.96. The molecule has 0 unspecified atom stereocenters. The molecule has 1 heterocycles. The lowest BCUT2D eigenvalue weighted by Crippen LogP contribution is -2.26. The monoisotopic (exact) mass is 166 g/mol. The van der Waals surface area contributed by atoms with Gasteiger partial charge in [-0.1, -0.05) is 0 Å². The summed E-state index contributed by atoms with van der Waals surface area (Å²) in [7, 11) is 0. The third kappa shape index (κ3) is 1.72. The van der Waals surface area contributed by atoms with E-state index in [0.29, 0.717) is 6.54 Å². The molecule has 0 aliphatic carbocycles. The minimum absolute atomic E-state index is 0.279. The number of aromatic nitrogens is 3. The summed E-state index contributed by atoms with van der Waals surface area (Å²) in [5.41, 5.74) is -0.836. The van der Waals surface area contributed by atoms with Crippen molar-refractivity contribution in [1.82, 2.24) is 14.8 Å². The number of nitriles is 1. The summed E-state index contributed by atoms with van der Waals surface area (Å²) < 4.78 is 1.24. The van der Waals surface area contributed by atoms with Crippen molar-refractivity contribution in [2.24, 2.45) is 5.41 Å². The van der Waals surface area contributed by atoms with Crippen LogP contribution in [0, 0.1) is 16.7 Å². The van der Waals surface area contributed by atoms with Gasteiger partial charge in [0.1, 0.15) is 6.33 Å². The maximum Gasteiger partial charge on any atom is 0.343 e. The Balaban J connectivity index is 2.86. The highest BCUT2D eigenvalue weighted by molar-refractivity contribution is 4.91. The van der Waals surface area contributed by atoms with Gasteiger partial charge in [-0.05, 0) is 13.8 Å². The van der Waals surface area contributed by atoms with Crippen LogP contribution in [0.15, 0.2) is 11.1 Å². The van der Waals surface area contributed by atoms with E-state index in [1.165, 1.54) is 11.0 Å². The average molecular weight is 166 g/mol. The molecular formula is C7H10N4O. The Morgan fingerprint density at radius 2 is 2.50 bits per heavy atom. The second kappa shape index (κ2) is 2.81. The van der Waals surface area contributed by atoms with E-state index in [2.05, 4.69) is 16.2 Å². The van der Waals surface area contributed by atoms with Gasteiger partial charge in [0.2, 0.25) is 0 Å². The molecule has 0 aromatic carbocycles. The predicted octanol–water partition coefficient (Wildman–Crippen LogP) is 0.121. The predicted molar refractivity (Wildman–Crippen MR) is 42.2 cm³/mol. The van der Waals surface area contributed by atoms with Crippen LogP contribution >= 0.6 is 0 Å². The Morgan fingerprint density at radius 3 is 2.92 bits per heavy atom. The molecule has 5 heteroatoms. The summed E-state index contributed by atoms with van der Waals surface area (Å²) in [5.74, 6) is 0. The molecule has 64 valence electrons. The minimum Gasteiger partial charge on any atom is -0.295 e. The number of aromatic amines is 1. The third-order valence-corrected chi connectivity index (χ3v) is 1.47. The summed E-state index contributed by atoms with van der Waals surface area (Å²) in [4.78, 5) is 13.4. The standard InChI is InChI=1S/C7H10N4O/c1-7(2,3-8)4-11-6(12)9-5-10-11/h5H,4H2,1-2H3,(H,9,10,12). The fourth-order valence-corrected chi connectivity index (χ4v) is 0.803. The molecule has 0 fully saturated rings. The van der Waals surface area contributed by atoms with Crippen molar-refractivity contribution in [3.8, 4) is 6.07 Å². The van der Waals surface area contributed by atoms with Crippen LogP contribution < -0.4 is 5.69 Å². The van der Waals surface area contributed by atoms with Crippen molar-refractivity contribution in [3.05, 3.63) is 16.8 Å². The van der Waals surface area contributed by atoms with Crippen LogP contribution in [0.5, 0.6) is 0 Å². The second-order valence-electron chi connectivity index (χ2n) is 3.25. The third-order valence-electron chi connectivity index (χ3n) is 1.47. The summed E-state index contributed by atoms with van der Waals surface area (Å²) in [5, 5.41) is 12.4. The first-order chi connectivity index (χ1) is 5.55. The number of H-pyrrole nitrogens is 1. The first-order valence-electron chi connectivity index (χ1n) is 3.57. The molecule has 0 spiro atoms. The first kappa shape index (κ1) is 8.53. The normalized spacial score (nSPS) is 11.1. The maximum atomic E-state index is 10.9. The molecule has 0 amide bonds. The Bertz CT molecular complexity index is 354. The van der Waals surface area contributed by atoms with E-state index in [4.69, 9.17) is 5.26 Å². The molecule has 12 heavy (non-hydrogen) atoms. The van der Waals surface area contributed by atoms with Crippen LogP contribution in [0.1, 0.15) is 13.8 Å². The number of hydrogen-bond donors (Lipinski definition) is 1. The van der Waals surface area contributed by atoms with Gasteiger partial charge in [0.05, 0.1) is 18.0 Å². The van der Waals surface area contributed by atoms with Crippen LogP contribution in [0.25, 0.3) is 0 Å². The molecule has 0 bridgehead atoms. The molecule has 1 aromatic heterocycles. The van der Waals surface area contributed by atoms with Gasteiger partial charge in [0.15, 0.2) is 0 Å². The molecule has 5 nitrogen and oxygen atoms in total. The van der Waals surface area contributed by atoms with Gasteiger partial charge in [0.25, 0.3) is 0 Å². The molecule has 0 saturated heterocycles. The van der Waals surface area contributed by atoms with E-state index in [9.17, 15) is 4.79 Å². The van der Waals surface area contributed by atoms with Crippen LogP contribution in [-0.4, -0.2) is 14.8 Å². The fourth-order valence-electron chi connectivity index (χ4n) is 0.803. The van der Waals surface area contributed by atoms with Crippen molar-refractivity contribution in [2.75, 3.05) is 0 Å². The highest BCUT2D eigenvalue weighted by Gasteiger charge is 2.18. The van der Waals surface area contributed by atoms with E-state index in [-0.39, 0.29) is 5.69 Å². The highest BCUT2D eigenvalue weighted by Crippen LogP contribution is 2.13. The van der Waals surface area contributed by atoms with Gasteiger partial charge < -0.3 is 0 Å². The SMILES string of the molecule is CC(C)(C#N)Cn1nc[nH]c1=O. The van der Waals surface area contributed by atoms with E-state index in [1.54, 1.807) is 13.8 Å². The summed E-state index contributed by atoms with van der Waals surface area (Å²) in [6.07, 6.45) is 1.32. The van der Waals surface area contributed by atoms with Gasteiger partial charge in [0, 0.05) is 0 Å². The molecule has 1 aromatic rings. The van der Waals surface area contributed by atoms with Crippen LogP contribution in [-0.2, 0) is 6.54 Å². The minimum atomic E-state index is -0.557. The highest BCUT2D eigenvalue weighted by atomic mass is 16.1. The van der Waals surface area contributed by atoms with E-state index < -0.39 is 5.41 Å². The molecule has 1 rings (SSSR count). The molecule has 1 N–H and O–H groups in total. The van der Waals surface area contributed by atoms with Gasteiger partial charge >= 0.3 is 5.69 Å². The van der Waals surface area contributed by atoms with Gasteiger partial charge in [-0.2, -0.15) is 10.4 Å². The zero-order valence-corrected chi connectivity index (χ0v) is 7.03. The van der Waals surface area contributed by atoms with Gasteiger partial charge in [-0.25, -0.2) is 9.48 Å². The number of nitrogens with zero attached hydrogens (tertiary/aromatic N) is 3. The largest absolute Gasteiger partial charge is 0.343 e. The Kier molecular flexibility index (Phi) is 2.00. The van der Waals surface area contributed by atoms with Crippen molar-refractivity contribution >= 4 is 0 Å².